The second-order valence-corrected chi connectivity index (χ2v) is 4.90. The Morgan fingerprint density at radius 3 is 2.67 bits per heavy atom. The molecule has 21 heavy (non-hydrogen) atoms. The first-order valence-corrected chi connectivity index (χ1v) is 7.34. The maximum absolute atomic E-state index is 11.8. The number of hydrogen-bond acceptors (Lipinski definition) is 6. The molecule has 0 saturated carbocycles. The maximum Gasteiger partial charge on any atom is 0.313 e. The van der Waals surface area contributed by atoms with E-state index in [2.05, 4.69) is 20.8 Å². The number of anilines is 1. The zero-order valence-electron chi connectivity index (χ0n) is 11.5. The van der Waals surface area contributed by atoms with Crippen LogP contribution in [0.15, 0.2) is 33.6 Å². The Morgan fingerprint density at radius 1 is 1.24 bits per heavy atom. The summed E-state index contributed by atoms with van der Waals surface area (Å²) in [7, 11) is 0. The predicted molar refractivity (Wildman–Crippen MR) is 77.7 cm³/mol. The summed E-state index contributed by atoms with van der Waals surface area (Å²) in [5.74, 6) is -0.856. The molecule has 0 aliphatic heterocycles. The van der Waals surface area contributed by atoms with Crippen LogP contribution >= 0.6 is 11.8 Å². The van der Waals surface area contributed by atoms with Crippen molar-refractivity contribution in [2.24, 2.45) is 0 Å². The maximum atomic E-state index is 11.8. The summed E-state index contributed by atoms with van der Waals surface area (Å²) in [6, 6.07) is 7.24. The number of hydrogen-bond donors (Lipinski definition) is 2. The smallest absolute Gasteiger partial charge is 0.313 e. The van der Waals surface area contributed by atoms with Gasteiger partial charge in [-0.2, -0.15) is 0 Å². The van der Waals surface area contributed by atoms with Crippen molar-refractivity contribution in [2.75, 3.05) is 11.6 Å². The second-order valence-electron chi connectivity index (χ2n) is 4.05. The average molecular weight is 306 g/mol. The molecule has 2 N–H and O–H groups in total. The molecule has 0 unspecified atom stereocenters. The summed E-state index contributed by atoms with van der Waals surface area (Å²) < 4.78 is 5.10. The van der Waals surface area contributed by atoms with Crippen LogP contribution in [-0.4, -0.2) is 28.3 Å². The van der Waals surface area contributed by atoms with E-state index in [0.29, 0.717) is 11.6 Å². The number of amides is 2. The van der Waals surface area contributed by atoms with Crippen molar-refractivity contribution in [2.45, 2.75) is 18.4 Å². The van der Waals surface area contributed by atoms with Gasteiger partial charge in [-0.1, -0.05) is 12.1 Å². The van der Waals surface area contributed by atoms with Gasteiger partial charge in [0, 0.05) is 11.8 Å². The van der Waals surface area contributed by atoms with Gasteiger partial charge in [0.05, 0.1) is 12.2 Å². The zero-order chi connectivity index (χ0) is 15.2. The van der Waals surface area contributed by atoms with Crippen LogP contribution in [0.4, 0.5) is 5.69 Å². The van der Waals surface area contributed by atoms with E-state index in [9.17, 15) is 9.59 Å². The molecular weight excluding hydrogens is 292 g/mol. The number of aryl methyl sites for hydroxylation is 1. The Bertz CT molecular complexity index is 656. The second kappa shape index (κ2) is 6.89. The van der Waals surface area contributed by atoms with E-state index in [1.165, 1.54) is 11.8 Å². The van der Waals surface area contributed by atoms with Gasteiger partial charge in [0.2, 0.25) is 11.8 Å². The van der Waals surface area contributed by atoms with Gasteiger partial charge in [-0.05, 0) is 18.4 Å². The Hall–Kier alpha value is -2.35. The molecule has 0 fully saturated rings. The Labute approximate surface area is 125 Å². The number of aromatic nitrogens is 2. The molecule has 1 heterocycles. The first kappa shape index (κ1) is 15.0. The quantitative estimate of drug-likeness (QED) is 0.654. The van der Waals surface area contributed by atoms with E-state index in [1.807, 2.05) is 18.4 Å². The van der Waals surface area contributed by atoms with Crippen molar-refractivity contribution in [3.8, 4) is 0 Å². The first-order valence-electron chi connectivity index (χ1n) is 6.11. The molecule has 0 radical (unpaired) electrons. The monoisotopic (exact) mass is 306 g/mol. The van der Waals surface area contributed by atoms with Gasteiger partial charge in [0.15, 0.2) is 0 Å². The molecule has 1 aromatic carbocycles. The molecule has 1 aromatic heterocycles. The zero-order valence-corrected chi connectivity index (χ0v) is 12.4. The number of nitrogens with zero attached hydrogens (tertiary/aromatic N) is 2. The highest BCUT2D eigenvalue weighted by atomic mass is 32.2. The van der Waals surface area contributed by atoms with E-state index >= 15 is 0 Å². The summed E-state index contributed by atoms with van der Waals surface area (Å²) in [6.07, 6.45) is 1.89. The van der Waals surface area contributed by atoms with Crippen molar-refractivity contribution >= 4 is 29.3 Å². The molecular formula is C13H14N4O3S. The number of rotatable bonds is 4. The fourth-order valence-electron chi connectivity index (χ4n) is 1.57. The SMILES string of the molecule is CSc1ccccc1NC(=O)C(=O)NCc1nnc(C)o1. The van der Waals surface area contributed by atoms with Crippen LogP contribution in [0.3, 0.4) is 0 Å². The lowest BCUT2D eigenvalue weighted by Gasteiger charge is -2.08. The third-order valence-electron chi connectivity index (χ3n) is 2.53. The minimum absolute atomic E-state index is 0.0112. The van der Waals surface area contributed by atoms with Gasteiger partial charge in [-0.3, -0.25) is 9.59 Å². The molecule has 110 valence electrons. The Balaban J connectivity index is 1.92. The van der Waals surface area contributed by atoms with Crippen molar-refractivity contribution in [3.63, 3.8) is 0 Å². The van der Waals surface area contributed by atoms with Gasteiger partial charge in [0.1, 0.15) is 0 Å². The van der Waals surface area contributed by atoms with E-state index < -0.39 is 11.8 Å². The highest BCUT2D eigenvalue weighted by Gasteiger charge is 2.15. The third-order valence-corrected chi connectivity index (χ3v) is 3.33. The summed E-state index contributed by atoms with van der Waals surface area (Å²) in [5, 5.41) is 12.3. The van der Waals surface area contributed by atoms with Gasteiger partial charge in [-0.25, -0.2) is 0 Å². The molecule has 0 bridgehead atoms. The van der Waals surface area contributed by atoms with Crippen LogP contribution in [0.5, 0.6) is 0 Å². The highest BCUT2D eigenvalue weighted by Crippen LogP contribution is 2.24. The van der Waals surface area contributed by atoms with Gasteiger partial charge in [0.25, 0.3) is 0 Å². The number of nitrogens with one attached hydrogen (secondary N) is 2. The van der Waals surface area contributed by atoms with Crippen LogP contribution in [0.2, 0.25) is 0 Å². The lowest BCUT2D eigenvalue weighted by atomic mass is 10.3. The van der Waals surface area contributed by atoms with Gasteiger partial charge in [-0.15, -0.1) is 22.0 Å². The number of carbonyl (C=O) groups excluding carboxylic acids is 2. The van der Waals surface area contributed by atoms with E-state index in [-0.39, 0.29) is 12.4 Å². The number of carbonyl (C=O) groups is 2. The summed E-state index contributed by atoms with van der Waals surface area (Å²) in [6.45, 7) is 1.65. The molecule has 0 saturated heterocycles. The Morgan fingerprint density at radius 2 is 2.00 bits per heavy atom. The molecule has 2 rings (SSSR count). The van der Waals surface area contributed by atoms with Crippen LogP contribution < -0.4 is 10.6 Å². The van der Waals surface area contributed by atoms with E-state index in [1.54, 1.807) is 19.1 Å². The highest BCUT2D eigenvalue weighted by molar-refractivity contribution is 7.98. The standard InChI is InChI=1S/C13H14N4O3S/c1-8-16-17-11(20-8)7-14-12(18)13(19)15-9-5-3-4-6-10(9)21-2/h3-6H,7H2,1-2H3,(H,14,18)(H,15,19). The molecule has 7 nitrogen and oxygen atoms in total. The molecule has 2 amide bonds. The van der Waals surface area contributed by atoms with Gasteiger partial charge < -0.3 is 15.1 Å². The largest absolute Gasteiger partial charge is 0.424 e. The third kappa shape index (κ3) is 4.06. The molecule has 8 heteroatoms. The summed E-state index contributed by atoms with van der Waals surface area (Å²) >= 11 is 1.48. The van der Waals surface area contributed by atoms with E-state index in [4.69, 9.17) is 4.42 Å². The lowest BCUT2D eigenvalue weighted by Crippen LogP contribution is -2.35. The van der Waals surface area contributed by atoms with Crippen molar-refractivity contribution in [1.29, 1.82) is 0 Å². The van der Waals surface area contributed by atoms with Gasteiger partial charge >= 0.3 is 11.8 Å². The van der Waals surface area contributed by atoms with Crippen molar-refractivity contribution < 1.29 is 14.0 Å². The number of thioether (sulfide) groups is 1. The average Bonchev–Trinajstić information content (AvgIpc) is 2.91. The molecule has 0 spiro atoms. The van der Waals surface area contributed by atoms with Crippen molar-refractivity contribution in [3.05, 3.63) is 36.0 Å². The summed E-state index contributed by atoms with van der Waals surface area (Å²) in [5.41, 5.74) is 0.596. The van der Waals surface area contributed by atoms with E-state index in [0.717, 1.165) is 4.90 Å². The summed E-state index contributed by atoms with van der Waals surface area (Å²) in [4.78, 5) is 24.4. The number of para-hydroxylation sites is 1. The molecule has 0 atom stereocenters. The van der Waals surface area contributed by atoms with Crippen LogP contribution in [-0.2, 0) is 16.1 Å². The fraction of sp³-hybridized carbons (Fsp3) is 0.231. The normalized spacial score (nSPS) is 10.2. The van der Waals surface area contributed by atoms with Crippen LogP contribution in [0, 0.1) is 6.92 Å². The minimum Gasteiger partial charge on any atom is -0.424 e. The van der Waals surface area contributed by atoms with Crippen LogP contribution in [0.25, 0.3) is 0 Å². The predicted octanol–water partition coefficient (Wildman–Crippen LogP) is 1.35. The molecule has 0 aliphatic carbocycles. The Kier molecular flexibility index (Phi) is 4.94. The minimum atomic E-state index is -0.762. The molecule has 2 aromatic rings. The fourth-order valence-corrected chi connectivity index (χ4v) is 2.13. The first-order chi connectivity index (χ1) is 10.1. The topological polar surface area (TPSA) is 97.1 Å². The van der Waals surface area contributed by atoms with Crippen molar-refractivity contribution in [1.82, 2.24) is 15.5 Å². The van der Waals surface area contributed by atoms with Crippen LogP contribution in [0.1, 0.15) is 11.8 Å². The molecule has 0 aliphatic rings. The number of benzene rings is 1. The lowest BCUT2D eigenvalue weighted by molar-refractivity contribution is -0.136.